The van der Waals surface area contributed by atoms with Gasteiger partial charge in [-0.3, -0.25) is 14.5 Å². The summed E-state index contributed by atoms with van der Waals surface area (Å²) in [4.78, 5) is 33.0. The Morgan fingerprint density at radius 2 is 2.00 bits per heavy atom. The normalized spacial score (nSPS) is 24.5. The summed E-state index contributed by atoms with van der Waals surface area (Å²) in [6, 6.07) is 0. The fourth-order valence-corrected chi connectivity index (χ4v) is 4.64. The Balaban J connectivity index is 1.62. The number of hydrogen-bond acceptors (Lipinski definition) is 7. The molecular weight excluding hydrogens is 368 g/mol. The Kier molecular flexibility index (Phi) is 6.46. The molecule has 9 heteroatoms. The SMILES string of the molecule is CC(=O)Nc1nc(C)c(C(=O)N2CCC[C@@](O)(CN3CCOCC3)CC2)s1. The van der Waals surface area contributed by atoms with Crippen LogP contribution in [0, 0.1) is 6.92 Å². The first-order valence-electron chi connectivity index (χ1n) is 9.43. The average Bonchev–Trinajstić information content (AvgIpc) is 2.85. The maximum absolute atomic E-state index is 12.9. The van der Waals surface area contributed by atoms with Gasteiger partial charge in [-0.2, -0.15) is 0 Å². The van der Waals surface area contributed by atoms with Crippen LogP contribution in [0.5, 0.6) is 0 Å². The lowest BCUT2D eigenvalue weighted by molar-refractivity contribution is -0.114. The minimum atomic E-state index is -0.767. The Bertz CT molecular complexity index is 689. The number of rotatable bonds is 4. The standard InChI is InChI=1S/C18H28N4O4S/c1-13-15(27-17(19-13)20-14(2)23)16(24)22-6-3-4-18(25,5-7-22)12-21-8-10-26-11-9-21/h25H,3-12H2,1-2H3,(H,19,20,23)/t18-/m0/s1. The molecule has 2 N–H and O–H groups in total. The molecule has 27 heavy (non-hydrogen) atoms. The molecule has 0 saturated carbocycles. The molecule has 2 aliphatic rings. The number of amides is 2. The third-order valence-electron chi connectivity index (χ3n) is 5.10. The number of thiazole rings is 1. The number of carbonyl (C=O) groups is 2. The maximum atomic E-state index is 12.9. The highest BCUT2D eigenvalue weighted by Crippen LogP contribution is 2.28. The summed E-state index contributed by atoms with van der Waals surface area (Å²) in [6.45, 7) is 8.08. The van der Waals surface area contributed by atoms with Crippen molar-refractivity contribution in [3.63, 3.8) is 0 Å². The first-order valence-corrected chi connectivity index (χ1v) is 10.2. The number of morpholine rings is 1. The third kappa shape index (κ3) is 5.25. The van der Waals surface area contributed by atoms with Crippen LogP contribution in [-0.2, 0) is 9.53 Å². The molecule has 0 bridgehead atoms. The summed E-state index contributed by atoms with van der Waals surface area (Å²) in [5, 5.41) is 14.1. The second-order valence-electron chi connectivity index (χ2n) is 7.37. The van der Waals surface area contributed by atoms with Gasteiger partial charge < -0.3 is 20.1 Å². The monoisotopic (exact) mass is 396 g/mol. The Hall–Kier alpha value is -1.55. The number of ether oxygens (including phenoxy) is 1. The average molecular weight is 397 g/mol. The van der Waals surface area contributed by atoms with Gasteiger partial charge in [0, 0.05) is 39.6 Å². The van der Waals surface area contributed by atoms with E-state index in [1.165, 1.54) is 18.3 Å². The number of anilines is 1. The zero-order valence-electron chi connectivity index (χ0n) is 16.0. The second kappa shape index (κ2) is 8.64. The van der Waals surface area contributed by atoms with Crippen LogP contribution in [0.3, 0.4) is 0 Å². The van der Waals surface area contributed by atoms with E-state index in [0.29, 0.717) is 61.4 Å². The fourth-order valence-electron chi connectivity index (χ4n) is 3.66. The van der Waals surface area contributed by atoms with Crippen LogP contribution in [0.1, 0.15) is 41.6 Å². The van der Waals surface area contributed by atoms with Crippen molar-refractivity contribution in [1.82, 2.24) is 14.8 Å². The zero-order valence-corrected chi connectivity index (χ0v) is 16.8. The first-order chi connectivity index (χ1) is 12.9. The number of hydrogen-bond donors (Lipinski definition) is 2. The van der Waals surface area contributed by atoms with Gasteiger partial charge in [0.15, 0.2) is 5.13 Å². The lowest BCUT2D eigenvalue weighted by Gasteiger charge is -2.35. The van der Waals surface area contributed by atoms with E-state index < -0.39 is 5.60 Å². The van der Waals surface area contributed by atoms with Crippen LogP contribution in [-0.4, -0.2) is 83.2 Å². The second-order valence-corrected chi connectivity index (χ2v) is 8.37. The Morgan fingerprint density at radius 1 is 1.26 bits per heavy atom. The molecule has 1 atom stereocenters. The summed E-state index contributed by atoms with van der Waals surface area (Å²) in [5.74, 6) is -0.275. The van der Waals surface area contributed by atoms with E-state index >= 15 is 0 Å². The van der Waals surface area contributed by atoms with Crippen molar-refractivity contribution >= 4 is 28.3 Å². The number of nitrogens with zero attached hydrogens (tertiary/aromatic N) is 3. The summed E-state index contributed by atoms with van der Waals surface area (Å²) >= 11 is 1.21. The molecule has 2 fully saturated rings. The van der Waals surface area contributed by atoms with Crippen molar-refractivity contribution < 1.29 is 19.4 Å². The van der Waals surface area contributed by atoms with Crippen molar-refractivity contribution in [2.24, 2.45) is 0 Å². The molecule has 1 aromatic rings. The van der Waals surface area contributed by atoms with E-state index in [2.05, 4.69) is 15.2 Å². The lowest BCUT2D eigenvalue weighted by atomic mass is 9.94. The van der Waals surface area contributed by atoms with Gasteiger partial charge in [-0.25, -0.2) is 4.98 Å². The van der Waals surface area contributed by atoms with E-state index in [4.69, 9.17) is 4.74 Å². The topological polar surface area (TPSA) is 95.0 Å². The van der Waals surface area contributed by atoms with Crippen molar-refractivity contribution in [3.8, 4) is 0 Å². The summed E-state index contributed by atoms with van der Waals surface area (Å²) in [5.41, 5.74) is -0.141. The largest absolute Gasteiger partial charge is 0.388 e. The maximum Gasteiger partial charge on any atom is 0.265 e. The number of β-amino-alcohol motifs (C(OH)–C–C–N with tert-alkyl or cyclic N) is 1. The Morgan fingerprint density at radius 3 is 2.70 bits per heavy atom. The summed E-state index contributed by atoms with van der Waals surface area (Å²) < 4.78 is 5.37. The van der Waals surface area contributed by atoms with Gasteiger partial charge in [-0.05, 0) is 26.2 Å². The van der Waals surface area contributed by atoms with Crippen LogP contribution in [0.4, 0.5) is 5.13 Å². The summed E-state index contributed by atoms with van der Waals surface area (Å²) in [6.07, 6.45) is 2.02. The van der Waals surface area contributed by atoms with Crippen LogP contribution in [0.2, 0.25) is 0 Å². The number of aromatic nitrogens is 1. The number of aliphatic hydroxyl groups is 1. The molecule has 150 valence electrons. The molecule has 2 aliphatic heterocycles. The molecule has 8 nitrogen and oxygen atoms in total. The van der Waals surface area contributed by atoms with Gasteiger partial charge in [0.25, 0.3) is 5.91 Å². The lowest BCUT2D eigenvalue weighted by Crippen LogP contribution is -2.48. The van der Waals surface area contributed by atoms with E-state index in [9.17, 15) is 14.7 Å². The molecular formula is C18H28N4O4S. The van der Waals surface area contributed by atoms with Crippen molar-refractivity contribution in [3.05, 3.63) is 10.6 Å². The van der Waals surface area contributed by atoms with Gasteiger partial charge in [0.2, 0.25) is 5.91 Å². The van der Waals surface area contributed by atoms with Crippen molar-refractivity contribution in [1.29, 1.82) is 0 Å². The van der Waals surface area contributed by atoms with Gasteiger partial charge in [0.1, 0.15) is 4.88 Å². The Labute approximate surface area is 163 Å². The minimum absolute atomic E-state index is 0.0720. The van der Waals surface area contributed by atoms with E-state index in [1.807, 2.05) is 0 Å². The minimum Gasteiger partial charge on any atom is -0.388 e. The molecule has 2 amide bonds. The molecule has 0 unspecified atom stereocenters. The van der Waals surface area contributed by atoms with Crippen LogP contribution < -0.4 is 5.32 Å². The van der Waals surface area contributed by atoms with Gasteiger partial charge >= 0.3 is 0 Å². The number of carbonyl (C=O) groups excluding carboxylic acids is 2. The van der Waals surface area contributed by atoms with Gasteiger partial charge in [-0.1, -0.05) is 11.3 Å². The predicted molar refractivity (Wildman–Crippen MR) is 103 cm³/mol. The third-order valence-corrected chi connectivity index (χ3v) is 6.16. The number of nitrogens with one attached hydrogen (secondary N) is 1. The van der Waals surface area contributed by atoms with Crippen LogP contribution >= 0.6 is 11.3 Å². The van der Waals surface area contributed by atoms with Crippen molar-refractivity contribution in [2.45, 2.75) is 38.7 Å². The molecule has 3 heterocycles. The van der Waals surface area contributed by atoms with Crippen LogP contribution in [0.15, 0.2) is 0 Å². The molecule has 0 spiro atoms. The van der Waals surface area contributed by atoms with Gasteiger partial charge in [-0.15, -0.1) is 0 Å². The molecule has 1 aromatic heterocycles. The van der Waals surface area contributed by atoms with E-state index in [0.717, 1.165) is 19.5 Å². The highest BCUT2D eigenvalue weighted by Gasteiger charge is 2.34. The number of aryl methyl sites for hydroxylation is 1. The van der Waals surface area contributed by atoms with E-state index in [-0.39, 0.29) is 11.8 Å². The first kappa shape index (κ1) is 20.2. The predicted octanol–water partition coefficient (Wildman–Crippen LogP) is 1.10. The number of likely N-dealkylation sites (tertiary alicyclic amines) is 1. The highest BCUT2D eigenvalue weighted by atomic mass is 32.1. The molecule has 0 radical (unpaired) electrons. The smallest absolute Gasteiger partial charge is 0.265 e. The molecule has 2 saturated heterocycles. The summed E-state index contributed by atoms with van der Waals surface area (Å²) in [7, 11) is 0. The van der Waals surface area contributed by atoms with Gasteiger partial charge in [0.05, 0.1) is 24.5 Å². The van der Waals surface area contributed by atoms with Crippen LogP contribution in [0.25, 0.3) is 0 Å². The zero-order chi connectivity index (χ0) is 19.4. The molecule has 3 rings (SSSR count). The quantitative estimate of drug-likeness (QED) is 0.791. The van der Waals surface area contributed by atoms with Crippen molar-refractivity contribution in [2.75, 3.05) is 51.3 Å². The highest BCUT2D eigenvalue weighted by molar-refractivity contribution is 7.17. The molecule has 0 aromatic carbocycles. The van der Waals surface area contributed by atoms with E-state index in [1.54, 1.807) is 11.8 Å². The molecule has 0 aliphatic carbocycles. The fraction of sp³-hybridized carbons (Fsp3) is 0.722.